The number of benzene rings is 3. The molecular weight excluding hydrogens is 434 g/mol. The molecule has 1 aliphatic heterocycles. The van der Waals surface area contributed by atoms with Crippen molar-refractivity contribution in [3.63, 3.8) is 0 Å². The average Bonchev–Trinajstić information content (AvgIpc) is 3.36. The van der Waals surface area contributed by atoms with Crippen LogP contribution in [0.15, 0.2) is 89.8 Å². The van der Waals surface area contributed by atoms with Gasteiger partial charge < -0.3 is 5.32 Å². The van der Waals surface area contributed by atoms with Crippen LogP contribution in [0.1, 0.15) is 24.0 Å². The number of nitrogens with one attached hydrogen (secondary N) is 1. The third-order valence-electron chi connectivity index (χ3n) is 5.85. The third-order valence-corrected chi connectivity index (χ3v) is 7.64. The second kappa shape index (κ2) is 10.6. The number of hydrogen-bond donors (Lipinski definition) is 1. The Labute approximate surface area is 195 Å². The molecule has 0 atom stereocenters. The summed E-state index contributed by atoms with van der Waals surface area (Å²) in [6.45, 7) is 3.13. The second-order valence-electron chi connectivity index (χ2n) is 8.19. The Kier molecular flexibility index (Phi) is 7.42. The molecule has 6 nitrogen and oxygen atoms in total. The maximum absolute atomic E-state index is 13.3. The number of rotatable bonds is 9. The number of anilines is 1. The van der Waals surface area contributed by atoms with E-state index in [4.69, 9.17) is 0 Å². The summed E-state index contributed by atoms with van der Waals surface area (Å²) in [5, 5.41) is 2.92. The van der Waals surface area contributed by atoms with Gasteiger partial charge in [0, 0.05) is 13.1 Å². The fourth-order valence-electron chi connectivity index (χ4n) is 4.07. The van der Waals surface area contributed by atoms with E-state index < -0.39 is 10.0 Å². The zero-order chi connectivity index (χ0) is 23.1. The molecule has 0 radical (unpaired) electrons. The van der Waals surface area contributed by atoms with E-state index in [1.807, 2.05) is 24.3 Å². The van der Waals surface area contributed by atoms with Crippen LogP contribution in [-0.4, -0.2) is 38.9 Å². The summed E-state index contributed by atoms with van der Waals surface area (Å²) in [6, 6.07) is 25.0. The summed E-state index contributed by atoms with van der Waals surface area (Å²) in [5.41, 5.74) is 2.69. The molecule has 7 heteroatoms. The number of carbonyl (C=O) groups excluding carboxylic acids is 1. The van der Waals surface area contributed by atoms with E-state index in [0.29, 0.717) is 12.2 Å². The smallest absolute Gasteiger partial charge is 0.264 e. The summed E-state index contributed by atoms with van der Waals surface area (Å²) in [7, 11) is -3.89. The molecule has 1 heterocycles. The van der Waals surface area contributed by atoms with Crippen molar-refractivity contribution in [2.24, 2.45) is 0 Å². The predicted molar refractivity (Wildman–Crippen MR) is 130 cm³/mol. The first-order chi connectivity index (χ1) is 16.0. The summed E-state index contributed by atoms with van der Waals surface area (Å²) in [5.74, 6) is -0.352. The number of amides is 1. The number of para-hydroxylation sites is 1. The van der Waals surface area contributed by atoms with Crippen molar-refractivity contribution in [3.05, 3.63) is 96.1 Å². The molecule has 0 aliphatic carbocycles. The highest BCUT2D eigenvalue weighted by atomic mass is 32.2. The number of sulfonamides is 1. The molecule has 4 rings (SSSR count). The van der Waals surface area contributed by atoms with E-state index in [0.717, 1.165) is 29.5 Å². The van der Waals surface area contributed by atoms with E-state index in [2.05, 4.69) is 16.3 Å². The molecule has 0 unspecified atom stereocenters. The molecule has 1 N–H and O–H groups in total. The molecule has 1 amide bonds. The minimum atomic E-state index is -3.89. The maximum atomic E-state index is 13.3. The lowest BCUT2D eigenvalue weighted by Gasteiger charge is -2.24. The van der Waals surface area contributed by atoms with Crippen LogP contribution in [0.3, 0.4) is 0 Å². The first-order valence-electron chi connectivity index (χ1n) is 11.2. The van der Waals surface area contributed by atoms with E-state index in [9.17, 15) is 13.2 Å². The SMILES string of the molecule is O=C(CN(c1ccccc1)S(=O)(=O)c1ccccc1)NCc1ccccc1CN1CCCC1. The van der Waals surface area contributed by atoms with Crippen LogP contribution < -0.4 is 9.62 Å². The number of carbonyl (C=O) groups is 1. The lowest BCUT2D eigenvalue weighted by Crippen LogP contribution is -2.40. The summed E-state index contributed by atoms with van der Waals surface area (Å²) >= 11 is 0. The average molecular weight is 464 g/mol. The number of hydrogen-bond acceptors (Lipinski definition) is 4. The molecule has 1 saturated heterocycles. The standard InChI is InChI=1S/C26H29N3O3S/c30-26(27-19-22-11-7-8-12-23(22)20-28-17-9-10-18-28)21-29(24-13-3-1-4-14-24)33(31,32)25-15-5-2-6-16-25/h1-8,11-16H,9-10,17-21H2,(H,27,30). The first-order valence-corrected chi connectivity index (χ1v) is 12.7. The molecule has 3 aromatic rings. The van der Waals surface area contributed by atoms with Crippen LogP contribution in [0, 0.1) is 0 Å². The summed E-state index contributed by atoms with van der Waals surface area (Å²) < 4.78 is 27.8. The molecular formula is C26H29N3O3S. The Hall–Kier alpha value is -3.16. The van der Waals surface area contributed by atoms with Gasteiger partial charge in [0.15, 0.2) is 0 Å². The first kappa shape index (κ1) is 23.0. The lowest BCUT2D eigenvalue weighted by atomic mass is 10.1. The normalized spacial score (nSPS) is 14.2. The van der Waals surface area contributed by atoms with E-state index >= 15 is 0 Å². The summed E-state index contributed by atoms with van der Waals surface area (Å²) in [4.78, 5) is 15.5. The fraction of sp³-hybridized carbons (Fsp3) is 0.269. The van der Waals surface area contributed by atoms with E-state index in [1.165, 1.54) is 30.5 Å². The topological polar surface area (TPSA) is 69.7 Å². The van der Waals surface area contributed by atoms with Gasteiger partial charge in [-0.25, -0.2) is 8.42 Å². The van der Waals surface area contributed by atoms with Gasteiger partial charge >= 0.3 is 0 Å². The van der Waals surface area contributed by atoms with Gasteiger partial charge in [-0.2, -0.15) is 0 Å². The van der Waals surface area contributed by atoms with Gasteiger partial charge in [0.1, 0.15) is 6.54 Å². The minimum Gasteiger partial charge on any atom is -0.350 e. The minimum absolute atomic E-state index is 0.151. The van der Waals surface area contributed by atoms with Crippen molar-refractivity contribution in [2.75, 3.05) is 23.9 Å². The van der Waals surface area contributed by atoms with E-state index in [-0.39, 0.29) is 17.3 Å². The van der Waals surface area contributed by atoms with Gasteiger partial charge in [0.05, 0.1) is 10.6 Å². The highest BCUT2D eigenvalue weighted by molar-refractivity contribution is 7.92. The second-order valence-corrected chi connectivity index (χ2v) is 10.1. The zero-order valence-corrected chi connectivity index (χ0v) is 19.4. The van der Waals surface area contributed by atoms with Crippen LogP contribution in [0.2, 0.25) is 0 Å². The Bertz CT molecular complexity index is 1160. The van der Waals surface area contributed by atoms with Crippen molar-refractivity contribution in [1.29, 1.82) is 0 Å². The zero-order valence-electron chi connectivity index (χ0n) is 18.6. The number of nitrogens with zero attached hydrogens (tertiary/aromatic N) is 2. The number of likely N-dealkylation sites (tertiary alicyclic amines) is 1. The largest absolute Gasteiger partial charge is 0.350 e. The van der Waals surface area contributed by atoms with Gasteiger partial charge in [-0.15, -0.1) is 0 Å². The Balaban J connectivity index is 1.48. The summed E-state index contributed by atoms with van der Waals surface area (Å²) in [6.07, 6.45) is 2.45. The van der Waals surface area contributed by atoms with E-state index in [1.54, 1.807) is 42.5 Å². The lowest BCUT2D eigenvalue weighted by molar-refractivity contribution is -0.119. The van der Waals surface area contributed by atoms with Crippen molar-refractivity contribution >= 4 is 21.6 Å². The highest BCUT2D eigenvalue weighted by Crippen LogP contribution is 2.23. The quantitative estimate of drug-likeness (QED) is 0.524. The highest BCUT2D eigenvalue weighted by Gasteiger charge is 2.27. The van der Waals surface area contributed by atoms with Crippen LogP contribution in [0.5, 0.6) is 0 Å². The van der Waals surface area contributed by atoms with Crippen molar-refractivity contribution in [1.82, 2.24) is 10.2 Å². The Morgan fingerprint density at radius 3 is 2.06 bits per heavy atom. The van der Waals surface area contributed by atoms with Crippen LogP contribution in [0.25, 0.3) is 0 Å². The molecule has 3 aromatic carbocycles. The maximum Gasteiger partial charge on any atom is 0.264 e. The molecule has 33 heavy (non-hydrogen) atoms. The van der Waals surface area contributed by atoms with Gasteiger partial charge in [-0.05, 0) is 61.3 Å². The van der Waals surface area contributed by atoms with Crippen LogP contribution in [-0.2, 0) is 27.9 Å². The fourth-order valence-corrected chi connectivity index (χ4v) is 5.52. The monoisotopic (exact) mass is 463 g/mol. The Morgan fingerprint density at radius 2 is 1.39 bits per heavy atom. The van der Waals surface area contributed by atoms with Gasteiger partial charge in [-0.3, -0.25) is 14.0 Å². The molecule has 0 spiro atoms. The molecule has 1 aliphatic rings. The van der Waals surface area contributed by atoms with Gasteiger partial charge in [-0.1, -0.05) is 60.7 Å². The molecule has 0 saturated carbocycles. The molecule has 0 bridgehead atoms. The van der Waals surface area contributed by atoms with Crippen LogP contribution in [0.4, 0.5) is 5.69 Å². The molecule has 0 aromatic heterocycles. The van der Waals surface area contributed by atoms with Crippen molar-refractivity contribution < 1.29 is 13.2 Å². The van der Waals surface area contributed by atoms with Gasteiger partial charge in [0.25, 0.3) is 10.0 Å². The molecule has 172 valence electrons. The van der Waals surface area contributed by atoms with Crippen molar-refractivity contribution in [2.45, 2.75) is 30.8 Å². The van der Waals surface area contributed by atoms with Gasteiger partial charge in [0.2, 0.25) is 5.91 Å². The predicted octanol–water partition coefficient (Wildman–Crippen LogP) is 3.79. The molecule has 1 fully saturated rings. The van der Waals surface area contributed by atoms with Crippen LogP contribution >= 0.6 is 0 Å². The van der Waals surface area contributed by atoms with Crippen molar-refractivity contribution in [3.8, 4) is 0 Å². The Morgan fingerprint density at radius 1 is 0.818 bits per heavy atom. The third kappa shape index (κ3) is 5.80.